The van der Waals surface area contributed by atoms with Gasteiger partial charge in [-0.3, -0.25) is 10.1 Å². The van der Waals surface area contributed by atoms with Gasteiger partial charge in [0.05, 0.1) is 23.7 Å². The van der Waals surface area contributed by atoms with Crippen LogP contribution in [-0.2, 0) is 0 Å². The second-order valence-electron chi connectivity index (χ2n) is 7.29. The molecule has 4 aromatic rings. The molecule has 0 bridgehead atoms. The van der Waals surface area contributed by atoms with Crippen molar-refractivity contribution >= 4 is 22.4 Å². The van der Waals surface area contributed by atoms with Crippen molar-refractivity contribution in [2.75, 3.05) is 11.9 Å². The molecule has 8 heteroatoms. The van der Waals surface area contributed by atoms with Crippen LogP contribution in [0, 0.1) is 0 Å². The highest BCUT2D eigenvalue weighted by atomic mass is 32.1. The van der Waals surface area contributed by atoms with Crippen molar-refractivity contribution < 1.29 is 9.53 Å². The zero-order valence-corrected chi connectivity index (χ0v) is 17.8. The number of aromatic nitrogens is 4. The zero-order valence-electron chi connectivity index (χ0n) is 17.0. The van der Waals surface area contributed by atoms with Crippen molar-refractivity contribution in [3.8, 4) is 22.7 Å². The molecule has 0 aliphatic heterocycles. The maximum absolute atomic E-state index is 13.0. The highest BCUT2D eigenvalue weighted by Gasteiger charge is 2.34. The monoisotopic (exact) mass is 431 g/mol. The summed E-state index contributed by atoms with van der Waals surface area (Å²) in [5.41, 5.74) is 3.91. The van der Waals surface area contributed by atoms with Crippen LogP contribution < -0.4 is 10.1 Å². The van der Waals surface area contributed by atoms with Gasteiger partial charge in [0.2, 0.25) is 0 Å². The molecule has 1 aliphatic carbocycles. The first-order valence-corrected chi connectivity index (χ1v) is 11.1. The molecule has 31 heavy (non-hydrogen) atoms. The minimum absolute atomic E-state index is 0.281. The summed E-state index contributed by atoms with van der Waals surface area (Å²) in [5, 5.41) is 13.8. The molecule has 0 unspecified atom stereocenters. The van der Waals surface area contributed by atoms with Gasteiger partial charge in [-0.2, -0.15) is 0 Å². The van der Waals surface area contributed by atoms with Gasteiger partial charge >= 0.3 is 0 Å². The largest absolute Gasteiger partial charge is 0.494 e. The van der Waals surface area contributed by atoms with E-state index in [-0.39, 0.29) is 5.91 Å². The van der Waals surface area contributed by atoms with E-state index in [1.807, 2.05) is 66.9 Å². The molecule has 1 saturated carbocycles. The molecule has 156 valence electrons. The number of carbonyl (C=O) groups excluding carboxylic acids is 1. The molecular formula is C23H21N5O2S. The number of benzene rings is 2. The maximum Gasteiger partial charge on any atom is 0.279 e. The van der Waals surface area contributed by atoms with Crippen LogP contribution in [0.1, 0.15) is 41.9 Å². The lowest BCUT2D eigenvalue weighted by molar-refractivity contribution is 0.102. The van der Waals surface area contributed by atoms with Crippen LogP contribution in [0.3, 0.4) is 0 Å². The van der Waals surface area contributed by atoms with Crippen LogP contribution >= 0.6 is 11.3 Å². The summed E-state index contributed by atoms with van der Waals surface area (Å²) >= 11 is 1.39. The first kappa shape index (κ1) is 19.4. The van der Waals surface area contributed by atoms with Gasteiger partial charge in [0.1, 0.15) is 5.75 Å². The van der Waals surface area contributed by atoms with Gasteiger partial charge in [-0.05, 0) is 56.2 Å². The Morgan fingerprint density at radius 3 is 2.65 bits per heavy atom. The van der Waals surface area contributed by atoms with Crippen molar-refractivity contribution in [3.05, 3.63) is 71.4 Å². The lowest BCUT2D eigenvalue weighted by atomic mass is 10.2. The SMILES string of the molecule is CCOc1ccc(-c2csc(NC(=O)c3nnn(-c4ccccc4)c3C3CC3)n2)cc1. The third kappa shape index (κ3) is 4.06. The second-order valence-corrected chi connectivity index (χ2v) is 8.15. The summed E-state index contributed by atoms with van der Waals surface area (Å²) in [6.07, 6.45) is 2.08. The van der Waals surface area contributed by atoms with Gasteiger partial charge < -0.3 is 4.74 Å². The molecule has 2 heterocycles. The number of nitrogens with one attached hydrogen (secondary N) is 1. The minimum Gasteiger partial charge on any atom is -0.494 e. The summed E-state index contributed by atoms with van der Waals surface area (Å²) in [7, 11) is 0. The smallest absolute Gasteiger partial charge is 0.279 e. The second kappa shape index (κ2) is 8.31. The Balaban J connectivity index is 1.36. The number of ether oxygens (including phenoxy) is 1. The van der Waals surface area contributed by atoms with Crippen LogP contribution in [0.25, 0.3) is 16.9 Å². The molecule has 5 rings (SSSR count). The number of thiazole rings is 1. The molecule has 7 nitrogen and oxygen atoms in total. The fraction of sp³-hybridized carbons (Fsp3) is 0.217. The summed E-state index contributed by atoms with van der Waals surface area (Å²) in [6.45, 7) is 2.58. The number of para-hydroxylation sites is 1. The van der Waals surface area contributed by atoms with Gasteiger partial charge in [0.15, 0.2) is 10.8 Å². The van der Waals surface area contributed by atoms with E-state index in [2.05, 4.69) is 20.6 Å². The Hall–Kier alpha value is -3.52. The Labute approximate surface area is 183 Å². The molecule has 0 saturated heterocycles. The third-order valence-corrected chi connectivity index (χ3v) is 5.83. The number of anilines is 1. The standard InChI is InChI=1S/C23H21N5O2S/c1-2-30-18-12-10-15(11-13-18)19-14-31-23(24-19)25-22(29)20-21(16-8-9-16)28(27-26-20)17-6-4-3-5-7-17/h3-7,10-14,16H,2,8-9H2,1H3,(H,24,25,29). The Morgan fingerprint density at radius 1 is 1.16 bits per heavy atom. The molecule has 0 atom stereocenters. The van der Waals surface area contributed by atoms with E-state index >= 15 is 0 Å². The number of nitrogens with zero attached hydrogens (tertiary/aromatic N) is 4. The molecule has 2 aromatic carbocycles. The van der Waals surface area contributed by atoms with E-state index in [1.54, 1.807) is 4.68 Å². The number of carbonyl (C=O) groups is 1. The van der Waals surface area contributed by atoms with E-state index in [0.717, 1.165) is 41.2 Å². The lowest BCUT2D eigenvalue weighted by Crippen LogP contribution is -2.15. The number of rotatable bonds is 7. The Kier molecular flexibility index (Phi) is 5.21. The minimum atomic E-state index is -0.281. The quantitative estimate of drug-likeness (QED) is 0.449. The average molecular weight is 432 g/mol. The topological polar surface area (TPSA) is 81.9 Å². The molecule has 1 fully saturated rings. The Bertz CT molecular complexity index is 1200. The van der Waals surface area contributed by atoms with Crippen LogP contribution in [-0.4, -0.2) is 32.5 Å². The van der Waals surface area contributed by atoms with Crippen LogP contribution in [0.15, 0.2) is 60.0 Å². The van der Waals surface area contributed by atoms with Gasteiger partial charge in [0, 0.05) is 16.9 Å². The van der Waals surface area contributed by atoms with Crippen LogP contribution in [0.5, 0.6) is 5.75 Å². The van der Waals surface area contributed by atoms with Crippen molar-refractivity contribution in [1.29, 1.82) is 0 Å². The molecule has 1 amide bonds. The molecule has 0 spiro atoms. The van der Waals surface area contributed by atoms with Gasteiger partial charge in [0.25, 0.3) is 5.91 Å². The fourth-order valence-electron chi connectivity index (χ4n) is 3.44. The Morgan fingerprint density at radius 2 is 1.94 bits per heavy atom. The molecule has 2 aromatic heterocycles. The lowest BCUT2D eigenvalue weighted by Gasteiger charge is -2.06. The van der Waals surface area contributed by atoms with Gasteiger partial charge in [-0.15, -0.1) is 16.4 Å². The van der Waals surface area contributed by atoms with Crippen molar-refractivity contribution in [2.45, 2.75) is 25.7 Å². The van der Waals surface area contributed by atoms with Crippen LogP contribution in [0.2, 0.25) is 0 Å². The molecular weight excluding hydrogens is 410 g/mol. The first-order valence-electron chi connectivity index (χ1n) is 10.2. The van der Waals surface area contributed by atoms with Gasteiger partial charge in [-0.1, -0.05) is 23.4 Å². The summed E-state index contributed by atoms with van der Waals surface area (Å²) in [6, 6.07) is 17.5. The molecule has 1 aliphatic rings. The fourth-order valence-corrected chi connectivity index (χ4v) is 4.16. The first-order chi connectivity index (χ1) is 15.2. The summed E-state index contributed by atoms with van der Waals surface area (Å²) < 4.78 is 7.26. The van der Waals surface area contributed by atoms with Crippen LogP contribution in [0.4, 0.5) is 5.13 Å². The van der Waals surface area contributed by atoms with Crippen molar-refractivity contribution in [2.24, 2.45) is 0 Å². The van der Waals surface area contributed by atoms with E-state index in [4.69, 9.17) is 4.74 Å². The predicted octanol–water partition coefficient (Wildman–Crippen LogP) is 4.92. The van der Waals surface area contributed by atoms with Gasteiger partial charge in [-0.25, -0.2) is 9.67 Å². The van der Waals surface area contributed by atoms with E-state index < -0.39 is 0 Å². The van der Waals surface area contributed by atoms with Crippen molar-refractivity contribution in [3.63, 3.8) is 0 Å². The molecule has 1 N–H and O–H groups in total. The number of hydrogen-bond donors (Lipinski definition) is 1. The van der Waals surface area contributed by atoms with E-state index in [9.17, 15) is 4.79 Å². The normalized spacial score (nSPS) is 13.2. The average Bonchev–Trinajstić information content (AvgIpc) is 3.36. The highest BCUT2D eigenvalue weighted by molar-refractivity contribution is 7.14. The van der Waals surface area contributed by atoms with E-state index in [1.165, 1.54) is 11.3 Å². The predicted molar refractivity (Wildman–Crippen MR) is 120 cm³/mol. The summed E-state index contributed by atoms with van der Waals surface area (Å²) in [4.78, 5) is 17.6. The number of hydrogen-bond acceptors (Lipinski definition) is 6. The highest BCUT2D eigenvalue weighted by Crippen LogP contribution is 2.42. The van der Waals surface area contributed by atoms with E-state index in [0.29, 0.717) is 23.4 Å². The molecule has 0 radical (unpaired) electrons. The summed E-state index contributed by atoms with van der Waals surface area (Å²) in [5.74, 6) is 0.854. The zero-order chi connectivity index (χ0) is 21.2. The third-order valence-electron chi connectivity index (χ3n) is 5.07. The number of amides is 1. The van der Waals surface area contributed by atoms with Crippen molar-refractivity contribution in [1.82, 2.24) is 20.0 Å². The maximum atomic E-state index is 13.0.